The highest BCUT2D eigenvalue weighted by molar-refractivity contribution is 5.69. The van der Waals surface area contributed by atoms with Crippen molar-refractivity contribution in [2.24, 2.45) is 11.8 Å². The molecule has 1 saturated carbocycles. The molecule has 0 saturated heterocycles. The number of para-hydroxylation sites is 1. The highest BCUT2D eigenvalue weighted by Gasteiger charge is 2.44. The average molecular weight is 514 g/mol. The fraction of sp³-hybridized carbons (Fsp3) is 0.621. The van der Waals surface area contributed by atoms with Crippen LogP contribution in [-0.4, -0.2) is 41.6 Å². The summed E-state index contributed by atoms with van der Waals surface area (Å²) in [7, 11) is 0. The molecule has 0 amide bonds. The number of ether oxygens (including phenoxy) is 2. The van der Waals surface area contributed by atoms with Crippen LogP contribution in [0.15, 0.2) is 30.4 Å². The van der Waals surface area contributed by atoms with E-state index in [1.165, 1.54) is 5.56 Å². The molecule has 1 aromatic rings. The third-order valence-corrected chi connectivity index (χ3v) is 7.22. The number of rotatable bonds is 15. The van der Waals surface area contributed by atoms with Crippen molar-refractivity contribution in [3.63, 3.8) is 0 Å². The molecule has 3 rings (SSSR count). The smallest absolute Gasteiger partial charge is 0.305 e. The van der Waals surface area contributed by atoms with Crippen LogP contribution in [0.5, 0.6) is 5.75 Å². The number of carbonyl (C=O) groups is 1. The van der Waals surface area contributed by atoms with E-state index < -0.39 is 11.2 Å². The Morgan fingerprint density at radius 1 is 1.27 bits per heavy atom. The number of allylic oxidation sites excluding steroid dienone is 1. The third kappa shape index (κ3) is 8.50. The van der Waals surface area contributed by atoms with Gasteiger partial charge in [-0.1, -0.05) is 37.3 Å². The van der Waals surface area contributed by atoms with Gasteiger partial charge in [-0.15, -0.1) is 22.0 Å². The predicted octanol–water partition coefficient (Wildman–Crippen LogP) is 5.15. The maximum Gasteiger partial charge on any atom is 0.305 e. The number of aliphatic hydroxyl groups is 1. The Balaban J connectivity index is 1.45. The monoisotopic (exact) mass is 513 g/mol. The van der Waals surface area contributed by atoms with E-state index in [0.29, 0.717) is 57.0 Å². The van der Waals surface area contributed by atoms with E-state index in [-0.39, 0.29) is 24.6 Å². The topological polar surface area (TPSA) is 108 Å². The van der Waals surface area contributed by atoms with Gasteiger partial charge in [-0.05, 0) is 69.3 Å². The van der Waals surface area contributed by atoms with Gasteiger partial charge in [0, 0.05) is 24.3 Å². The fourth-order valence-corrected chi connectivity index (χ4v) is 5.16. The highest BCUT2D eigenvalue weighted by Crippen LogP contribution is 2.52. The molecule has 1 fully saturated rings. The molecule has 37 heavy (non-hydrogen) atoms. The van der Waals surface area contributed by atoms with Crippen molar-refractivity contribution in [1.29, 1.82) is 0 Å². The number of carbonyl (C=O) groups excluding carboxylic acids is 1. The molecular formula is C29H39NO7. The highest BCUT2D eigenvalue weighted by atomic mass is 16.9. The second kappa shape index (κ2) is 14.6. The standard InChI is InChI=1S/C29H39NO7/c1-3-4-10-21(2)25(31)17-15-22-16-18-26-28(22)24-13-8-11-23(29(24)37-26)12-9-14-27(32)35-19-6-5-7-20-36-30(33)34/h8,11,13,15,17,21-22,25-26,28,31H,5-7,9-10,12,14,16,18-20H2,1-2H3/b17-15+. The van der Waals surface area contributed by atoms with Gasteiger partial charge in [0.25, 0.3) is 5.09 Å². The van der Waals surface area contributed by atoms with Crippen LogP contribution in [0.2, 0.25) is 0 Å². The number of fused-ring (bicyclic) bond motifs is 3. The third-order valence-electron chi connectivity index (χ3n) is 7.22. The number of aliphatic hydroxyl groups excluding tert-OH is 1. The molecule has 0 spiro atoms. The lowest BCUT2D eigenvalue weighted by atomic mass is 9.86. The van der Waals surface area contributed by atoms with Gasteiger partial charge in [0.05, 0.1) is 19.3 Å². The van der Waals surface area contributed by atoms with Gasteiger partial charge in [0.2, 0.25) is 0 Å². The van der Waals surface area contributed by atoms with Crippen LogP contribution in [0.4, 0.5) is 0 Å². The number of unbranched alkanes of at least 4 members (excludes halogenated alkanes) is 2. The van der Waals surface area contributed by atoms with Gasteiger partial charge in [-0.3, -0.25) is 4.79 Å². The summed E-state index contributed by atoms with van der Waals surface area (Å²) in [6.45, 7) is 4.22. The molecule has 2 aliphatic rings. The molecule has 8 nitrogen and oxygen atoms in total. The largest absolute Gasteiger partial charge is 0.489 e. The molecule has 0 bridgehead atoms. The fourth-order valence-electron chi connectivity index (χ4n) is 5.16. The van der Waals surface area contributed by atoms with E-state index in [4.69, 9.17) is 9.47 Å². The zero-order valence-electron chi connectivity index (χ0n) is 21.9. The van der Waals surface area contributed by atoms with Gasteiger partial charge in [0.1, 0.15) is 11.9 Å². The van der Waals surface area contributed by atoms with Crippen LogP contribution in [0.25, 0.3) is 0 Å². The second-order valence-electron chi connectivity index (χ2n) is 9.93. The van der Waals surface area contributed by atoms with Gasteiger partial charge in [-0.2, -0.15) is 0 Å². The van der Waals surface area contributed by atoms with E-state index in [1.807, 2.05) is 19.9 Å². The van der Waals surface area contributed by atoms with Crippen molar-refractivity contribution in [3.8, 4) is 17.6 Å². The predicted molar refractivity (Wildman–Crippen MR) is 139 cm³/mol. The van der Waals surface area contributed by atoms with Gasteiger partial charge >= 0.3 is 5.97 Å². The average Bonchev–Trinajstić information content (AvgIpc) is 3.45. The first-order chi connectivity index (χ1) is 17.9. The lowest BCUT2D eigenvalue weighted by Gasteiger charge is -2.17. The Morgan fingerprint density at radius 2 is 2.08 bits per heavy atom. The van der Waals surface area contributed by atoms with Crippen molar-refractivity contribution >= 4 is 5.97 Å². The summed E-state index contributed by atoms with van der Waals surface area (Å²) in [6, 6.07) is 6.29. The minimum Gasteiger partial charge on any atom is -0.489 e. The second-order valence-corrected chi connectivity index (χ2v) is 9.93. The zero-order valence-corrected chi connectivity index (χ0v) is 21.9. The summed E-state index contributed by atoms with van der Waals surface area (Å²) in [4.78, 5) is 26.4. The van der Waals surface area contributed by atoms with Crippen molar-refractivity contribution in [1.82, 2.24) is 0 Å². The van der Waals surface area contributed by atoms with Crippen LogP contribution >= 0.6 is 0 Å². The number of nitrogens with zero attached hydrogens (tertiary/aromatic N) is 1. The number of aryl methyl sites for hydroxylation is 1. The maximum atomic E-state index is 12.1. The molecule has 1 aliphatic heterocycles. The Kier molecular flexibility index (Phi) is 11.3. The molecule has 5 atom stereocenters. The molecule has 1 heterocycles. The first kappa shape index (κ1) is 28.5. The van der Waals surface area contributed by atoms with E-state index in [9.17, 15) is 20.0 Å². The van der Waals surface area contributed by atoms with E-state index in [0.717, 1.165) is 30.6 Å². The van der Waals surface area contributed by atoms with Crippen molar-refractivity contribution in [3.05, 3.63) is 51.6 Å². The normalized spacial score (nSPS) is 21.3. The van der Waals surface area contributed by atoms with Crippen LogP contribution in [0.1, 0.15) is 82.3 Å². The summed E-state index contributed by atoms with van der Waals surface area (Å²) < 4.78 is 11.7. The quantitative estimate of drug-likeness (QED) is 0.0862. The molecule has 0 radical (unpaired) electrons. The van der Waals surface area contributed by atoms with Crippen LogP contribution in [0, 0.1) is 33.8 Å². The molecule has 1 N–H and O–H groups in total. The molecule has 5 unspecified atom stereocenters. The molecule has 0 aromatic heterocycles. The molecular weight excluding hydrogens is 474 g/mol. The summed E-state index contributed by atoms with van der Waals surface area (Å²) >= 11 is 0. The van der Waals surface area contributed by atoms with Gasteiger partial charge in [0.15, 0.2) is 0 Å². The number of hydrogen-bond donors (Lipinski definition) is 1. The maximum absolute atomic E-state index is 12.1. The van der Waals surface area contributed by atoms with Crippen LogP contribution in [-0.2, 0) is 20.8 Å². The number of benzene rings is 1. The number of hydrogen-bond acceptors (Lipinski definition) is 7. The summed E-state index contributed by atoms with van der Waals surface area (Å²) in [5.74, 6) is 7.40. The Hall–Kier alpha value is -3.05. The first-order valence-electron chi connectivity index (χ1n) is 13.4. The SMILES string of the molecule is CC#CCC(C)C(O)/C=C/C1CCC2Oc3c(CCCC(=O)OCCCCCO[N+](=O)[O-])cccc3C12. The Bertz CT molecular complexity index is 996. The van der Waals surface area contributed by atoms with Crippen molar-refractivity contribution < 1.29 is 29.3 Å². The Morgan fingerprint density at radius 3 is 2.86 bits per heavy atom. The molecule has 1 aromatic carbocycles. The Labute approximate surface area is 219 Å². The first-order valence-corrected chi connectivity index (χ1v) is 13.4. The minimum absolute atomic E-state index is 0.0685. The number of esters is 1. The molecule has 8 heteroatoms. The molecule has 1 aliphatic carbocycles. The lowest BCUT2D eigenvalue weighted by molar-refractivity contribution is -0.757. The van der Waals surface area contributed by atoms with E-state index in [2.05, 4.69) is 41.0 Å². The van der Waals surface area contributed by atoms with Gasteiger partial charge in [-0.25, -0.2) is 0 Å². The van der Waals surface area contributed by atoms with E-state index >= 15 is 0 Å². The van der Waals surface area contributed by atoms with Crippen molar-refractivity contribution in [2.75, 3.05) is 13.2 Å². The molecule has 202 valence electrons. The summed E-state index contributed by atoms with van der Waals surface area (Å²) in [5, 5.41) is 19.8. The lowest BCUT2D eigenvalue weighted by Crippen LogP contribution is -2.17. The van der Waals surface area contributed by atoms with E-state index in [1.54, 1.807) is 0 Å². The van der Waals surface area contributed by atoms with Crippen LogP contribution < -0.4 is 4.74 Å². The summed E-state index contributed by atoms with van der Waals surface area (Å²) in [5.41, 5.74) is 2.36. The summed E-state index contributed by atoms with van der Waals surface area (Å²) in [6.07, 6.45) is 10.2. The van der Waals surface area contributed by atoms with Crippen molar-refractivity contribution in [2.45, 2.75) is 89.8 Å². The zero-order chi connectivity index (χ0) is 26.6. The van der Waals surface area contributed by atoms with Gasteiger partial charge < -0.3 is 19.4 Å². The van der Waals surface area contributed by atoms with Crippen LogP contribution in [0.3, 0.4) is 0 Å². The minimum atomic E-state index is -0.798.